The second-order valence-electron chi connectivity index (χ2n) is 14.7. The molecular formula is C63H41NS. The van der Waals surface area contributed by atoms with E-state index in [9.17, 15) is 20.6 Å². The van der Waals surface area contributed by atoms with E-state index in [2.05, 4.69) is 0 Å². The van der Waals surface area contributed by atoms with Gasteiger partial charge in [-0.25, -0.2) is 0 Å². The van der Waals surface area contributed by atoms with Crippen LogP contribution in [0.1, 0.15) is 66.1 Å². The van der Waals surface area contributed by atoms with Crippen LogP contribution in [0.4, 0.5) is 17.1 Å². The lowest BCUT2D eigenvalue weighted by Gasteiger charge is -2.35. The highest BCUT2D eigenvalue weighted by Crippen LogP contribution is 2.58. The highest BCUT2D eigenvalue weighted by atomic mass is 32.1. The molecule has 1 aliphatic rings. The molecule has 0 saturated heterocycles. The molecule has 65 heavy (non-hydrogen) atoms. The van der Waals surface area contributed by atoms with Crippen molar-refractivity contribution in [3.63, 3.8) is 0 Å². The lowest BCUT2D eigenvalue weighted by Crippen LogP contribution is -2.28. The van der Waals surface area contributed by atoms with Gasteiger partial charge in [-0.2, -0.15) is 0 Å². The summed E-state index contributed by atoms with van der Waals surface area (Å²) < 4.78 is 300. The minimum Gasteiger partial charge on any atom is -0.310 e. The number of nitrogens with zero attached hydrogens (tertiary/aromatic N) is 1. The molecule has 0 bridgehead atoms. The first-order valence-electron chi connectivity index (χ1n) is 35.8. The van der Waals surface area contributed by atoms with Crippen LogP contribution in [0.5, 0.6) is 0 Å². The highest BCUT2D eigenvalue weighted by Gasteiger charge is 2.46. The molecule has 1 nitrogen and oxygen atoms in total. The Morgan fingerprint density at radius 3 is 2.11 bits per heavy atom. The average molecular weight is 876 g/mol. The SMILES string of the molecule is [2H]c1ccc(C2(c3c([2H])c([2H])c([2H])c([2H])c3[2H])c3cc([2H])c([2H])c([2H])c3-c3c([2H])cc(N(c4c([2H])c([2H])cc(-c5c([2H])c([2H])c6c([2H])c([2H])c([2H])c([2H])c6c5-c5c([2H])cc([2H])c6c([2H])c([2H])c([2H])cc56)c4[2H])c4c([2H])ccc5sc6c([2H])c([2H])c([2H])c([2H])c6c45)c([2H])c32)c([2H])c1[2H]. The van der Waals surface area contributed by atoms with Gasteiger partial charge in [-0.05, 0) is 120 Å². The predicted molar refractivity (Wildman–Crippen MR) is 277 cm³/mol. The van der Waals surface area contributed by atoms with Crippen molar-refractivity contribution in [1.29, 1.82) is 0 Å². The molecule has 0 spiro atoms. The molecule has 0 radical (unpaired) electrons. The van der Waals surface area contributed by atoms with E-state index in [0.29, 0.717) is 0 Å². The van der Waals surface area contributed by atoms with Crippen LogP contribution in [-0.2, 0) is 5.41 Å². The monoisotopic (exact) mass is 875 g/mol. The summed E-state index contributed by atoms with van der Waals surface area (Å²) in [5.74, 6) is 0. The lowest BCUT2D eigenvalue weighted by atomic mass is 9.67. The number of rotatable bonds is 7. The predicted octanol–water partition coefficient (Wildman–Crippen LogP) is 17.5. The zero-order valence-corrected chi connectivity index (χ0v) is 33.9. The van der Waals surface area contributed by atoms with E-state index in [1.807, 2.05) is 0 Å². The molecule has 0 amide bonds. The Labute approximate surface area is 427 Å². The van der Waals surface area contributed by atoms with Crippen LogP contribution in [0.25, 0.3) is 75.1 Å². The quantitative estimate of drug-likeness (QED) is 0.154. The molecule has 1 aromatic heterocycles. The van der Waals surface area contributed by atoms with Gasteiger partial charge in [-0.1, -0.05) is 206 Å². The fraction of sp³-hybridized carbons (Fsp3) is 0.0159. The summed E-state index contributed by atoms with van der Waals surface area (Å²) in [6.45, 7) is 0. The molecule has 13 rings (SSSR count). The van der Waals surface area contributed by atoms with Crippen molar-refractivity contribution in [2.24, 2.45) is 0 Å². The Balaban J connectivity index is 1.30. The molecule has 11 aromatic carbocycles. The molecule has 0 fully saturated rings. The van der Waals surface area contributed by atoms with Crippen molar-refractivity contribution in [2.45, 2.75) is 5.41 Å². The summed E-state index contributed by atoms with van der Waals surface area (Å²) in [7, 11) is 0. The first kappa shape index (κ1) is 17.5. The zero-order valence-electron chi connectivity index (χ0n) is 65.1. The largest absolute Gasteiger partial charge is 0.310 e. The highest BCUT2D eigenvalue weighted by molar-refractivity contribution is 7.26. The topological polar surface area (TPSA) is 3.24 Å². The van der Waals surface area contributed by atoms with E-state index >= 15 is 0 Å². The Morgan fingerprint density at radius 1 is 0.400 bits per heavy atom. The van der Waals surface area contributed by atoms with Crippen molar-refractivity contribution in [1.82, 2.24) is 0 Å². The third kappa shape index (κ3) is 5.78. The maximum absolute atomic E-state index is 11.0. The van der Waals surface area contributed by atoms with Gasteiger partial charge in [0.2, 0.25) is 0 Å². The molecule has 2 heteroatoms. The second-order valence-corrected chi connectivity index (χ2v) is 15.7. The van der Waals surface area contributed by atoms with Gasteiger partial charge in [0, 0.05) is 31.5 Å². The minimum absolute atomic E-state index is 0.0735. The van der Waals surface area contributed by atoms with Crippen LogP contribution in [-0.4, -0.2) is 0 Å². The molecule has 0 aliphatic heterocycles. The van der Waals surface area contributed by atoms with Crippen LogP contribution in [0.2, 0.25) is 0 Å². The molecule has 12 aromatic rings. The van der Waals surface area contributed by atoms with E-state index in [1.54, 1.807) is 0 Å². The van der Waals surface area contributed by atoms with Crippen molar-refractivity contribution < 1.29 is 43.9 Å². The van der Waals surface area contributed by atoms with Gasteiger partial charge in [-0.15, -0.1) is 11.3 Å². The Kier molecular flexibility index (Phi) is 4.05. The summed E-state index contributed by atoms with van der Waals surface area (Å²) in [5.41, 5.74) is -11.0. The van der Waals surface area contributed by atoms with Gasteiger partial charge in [-0.3, -0.25) is 0 Å². The number of thiophene rings is 1. The van der Waals surface area contributed by atoms with Crippen LogP contribution in [0.3, 0.4) is 0 Å². The maximum Gasteiger partial charge on any atom is 0.0714 e. The maximum atomic E-state index is 11.0. The summed E-state index contributed by atoms with van der Waals surface area (Å²) in [6, 6.07) is -17.0. The third-order valence-corrected chi connectivity index (χ3v) is 12.5. The first-order chi connectivity index (χ1) is 45.5. The normalized spacial score (nSPS) is 21.1. The van der Waals surface area contributed by atoms with Crippen molar-refractivity contribution in [2.75, 3.05) is 4.90 Å². The van der Waals surface area contributed by atoms with Gasteiger partial charge in [0.05, 0.1) is 55.0 Å². The van der Waals surface area contributed by atoms with Gasteiger partial charge in [0.15, 0.2) is 0 Å². The van der Waals surface area contributed by atoms with Crippen LogP contribution in [0, 0.1) is 0 Å². The number of fused-ring (bicyclic) bond motifs is 8. The fourth-order valence-electron chi connectivity index (χ4n) is 8.74. The summed E-state index contributed by atoms with van der Waals surface area (Å²) in [6.07, 6.45) is 0. The smallest absolute Gasteiger partial charge is 0.0714 e. The Morgan fingerprint density at radius 2 is 1.17 bits per heavy atom. The van der Waals surface area contributed by atoms with E-state index < -0.39 is 282 Å². The van der Waals surface area contributed by atoms with Gasteiger partial charge in [0.1, 0.15) is 0 Å². The summed E-state index contributed by atoms with van der Waals surface area (Å²) in [4.78, 5) is 0.825. The van der Waals surface area contributed by atoms with Crippen molar-refractivity contribution in [3.8, 4) is 33.4 Å². The van der Waals surface area contributed by atoms with Crippen molar-refractivity contribution in [3.05, 3.63) is 270 Å². The molecule has 1 heterocycles. The Bertz CT molecular complexity index is 5680. The first-order valence-corrected chi connectivity index (χ1v) is 20.6. The fourth-order valence-corrected chi connectivity index (χ4v) is 9.75. The number of benzene rings is 11. The lowest BCUT2D eigenvalue weighted by molar-refractivity contribution is 0.768. The number of hydrogen-bond acceptors (Lipinski definition) is 2. The summed E-state index contributed by atoms with van der Waals surface area (Å²) >= 11 is 0.796. The molecule has 1 unspecified atom stereocenters. The molecule has 0 saturated carbocycles. The zero-order chi connectivity index (χ0) is 70.7. The van der Waals surface area contributed by atoms with E-state index in [-0.39, 0.29) is 30.9 Å². The minimum atomic E-state index is -2.87. The Hall–Kier alpha value is -8.04. The van der Waals surface area contributed by atoms with Gasteiger partial charge in [0.25, 0.3) is 0 Å². The molecule has 304 valence electrons. The van der Waals surface area contributed by atoms with Gasteiger partial charge < -0.3 is 4.90 Å². The second kappa shape index (κ2) is 15.1. The van der Waals surface area contributed by atoms with E-state index in [4.69, 9.17) is 23.3 Å². The van der Waals surface area contributed by atoms with Crippen molar-refractivity contribution >= 4 is 70.1 Å². The molecule has 0 N–H and O–H groups in total. The van der Waals surface area contributed by atoms with E-state index in [1.165, 1.54) is 12.1 Å². The average Bonchev–Trinajstić information content (AvgIpc) is 1.53. The molecule has 1 atom stereocenters. The van der Waals surface area contributed by atoms with Crippen LogP contribution >= 0.6 is 11.3 Å². The molecular weight excluding hydrogens is 803 g/mol. The van der Waals surface area contributed by atoms with Crippen LogP contribution < -0.4 is 4.90 Å². The van der Waals surface area contributed by atoms with Gasteiger partial charge >= 0.3 is 0 Å². The third-order valence-electron chi connectivity index (χ3n) is 11.4. The number of anilines is 3. The standard InChI is InChI=1S/C63H41NS/c1-3-22-45(23-4-1)63(46-24-5-2-6-25-46)56-32-13-11-29-52(56)53-39-37-48(41-57(53)63)64(58-33-17-35-60-62(58)55-30-12-14-34-59(55)65-60)47-26-15-21-44(40-47)51-38-36-43-19-8-10-28-50(43)61(51)54-31-16-20-42-18-7-9-27-49(42)54/h1-41H/i1D,2D,3D,4D,5D,7D,8D,9D,10D,11D,12D,13D,14D,15D,18D,19D,20D,22D,23D,24D,26D,28D,29D,30D,31D,33D,34D,36D,38D,39D,40D,41D. The summed E-state index contributed by atoms with van der Waals surface area (Å²) in [5, 5.41) is -2.45. The van der Waals surface area contributed by atoms with Crippen LogP contribution in [0.15, 0.2) is 248 Å². The molecule has 1 aliphatic carbocycles. The number of hydrogen-bond donors (Lipinski definition) is 0. The van der Waals surface area contributed by atoms with E-state index in [0.717, 1.165) is 58.7 Å².